The average molecular weight is 270 g/mol. The van der Waals surface area contributed by atoms with Crippen molar-refractivity contribution in [3.8, 4) is 0 Å². The maximum absolute atomic E-state index is 12.0. The van der Waals surface area contributed by atoms with Crippen LogP contribution >= 0.6 is 11.3 Å². The first kappa shape index (κ1) is 15.1. The first-order chi connectivity index (χ1) is 8.60. The van der Waals surface area contributed by atoms with Crippen molar-refractivity contribution >= 4 is 17.2 Å². The summed E-state index contributed by atoms with van der Waals surface area (Å²) in [6.07, 6.45) is -0.544. The fraction of sp³-hybridized carbons (Fsp3) is 0.615. The molecule has 2 N–H and O–H groups in total. The van der Waals surface area contributed by atoms with Gasteiger partial charge in [0.15, 0.2) is 0 Å². The molecule has 0 fully saturated rings. The summed E-state index contributed by atoms with van der Waals surface area (Å²) in [7, 11) is 0. The van der Waals surface area contributed by atoms with E-state index in [0.29, 0.717) is 6.54 Å². The molecule has 1 heterocycles. The predicted octanol–water partition coefficient (Wildman–Crippen LogP) is 1.63. The minimum Gasteiger partial charge on any atom is -0.386 e. The lowest BCUT2D eigenvalue weighted by Crippen LogP contribution is -2.45. The van der Waals surface area contributed by atoms with Crippen molar-refractivity contribution in [2.75, 3.05) is 19.6 Å². The summed E-state index contributed by atoms with van der Waals surface area (Å²) in [4.78, 5) is 14.7. The van der Waals surface area contributed by atoms with Crippen LogP contribution in [0.4, 0.5) is 0 Å². The van der Waals surface area contributed by atoms with E-state index in [4.69, 9.17) is 0 Å². The number of hydrogen-bond donors (Lipinski definition) is 2. The Morgan fingerprint density at radius 1 is 1.50 bits per heavy atom. The second kappa shape index (κ2) is 7.51. The van der Waals surface area contributed by atoms with Gasteiger partial charge in [0.25, 0.3) is 0 Å². The SMILES string of the molecule is CCN(CC)C(=O)C(C)NCC(O)c1cccs1. The number of carbonyl (C=O) groups excluding carboxylic acids is 1. The molecule has 0 bridgehead atoms. The highest BCUT2D eigenvalue weighted by molar-refractivity contribution is 7.10. The summed E-state index contributed by atoms with van der Waals surface area (Å²) in [6, 6.07) is 3.54. The van der Waals surface area contributed by atoms with Crippen LogP contribution in [-0.2, 0) is 4.79 Å². The Labute approximate surface area is 113 Å². The number of aliphatic hydroxyl groups is 1. The first-order valence-corrected chi connectivity index (χ1v) is 7.21. The minimum atomic E-state index is -0.544. The van der Waals surface area contributed by atoms with Crippen molar-refractivity contribution in [3.05, 3.63) is 22.4 Å². The van der Waals surface area contributed by atoms with Crippen LogP contribution in [0.1, 0.15) is 31.8 Å². The van der Waals surface area contributed by atoms with Crippen molar-refractivity contribution in [2.45, 2.75) is 32.9 Å². The number of likely N-dealkylation sites (N-methyl/N-ethyl adjacent to an activating group) is 1. The van der Waals surface area contributed by atoms with E-state index < -0.39 is 6.10 Å². The van der Waals surface area contributed by atoms with Gasteiger partial charge in [-0.3, -0.25) is 4.79 Å². The van der Waals surface area contributed by atoms with Gasteiger partial charge in [0.05, 0.1) is 6.04 Å². The molecule has 0 aliphatic carbocycles. The highest BCUT2D eigenvalue weighted by Gasteiger charge is 2.19. The number of amides is 1. The van der Waals surface area contributed by atoms with Crippen molar-refractivity contribution in [1.29, 1.82) is 0 Å². The molecule has 0 saturated heterocycles. The van der Waals surface area contributed by atoms with Crippen LogP contribution in [-0.4, -0.2) is 41.6 Å². The van der Waals surface area contributed by atoms with Crippen molar-refractivity contribution in [1.82, 2.24) is 10.2 Å². The van der Waals surface area contributed by atoms with E-state index >= 15 is 0 Å². The Morgan fingerprint density at radius 3 is 2.67 bits per heavy atom. The van der Waals surface area contributed by atoms with Gasteiger partial charge in [0.2, 0.25) is 5.91 Å². The number of nitrogens with one attached hydrogen (secondary N) is 1. The maximum atomic E-state index is 12.0. The van der Waals surface area contributed by atoms with E-state index in [1.54, 1.807) is 4.90 Å². The molecular formula is C13H22N2O2S. The molecule has 1 aromatic heterocycles. The van der Waals surface area contributed by atoms with Crippen LogP contribution in [0, 0.1) is 0 Å². The zero-order chi connectivity index (χ0) is 13.5. The number of hydrogen-bond acceptors (Lipinski definition) is 4. The lowest BCUT2D eigenvalue weighted by molar-refractivity contribution is -0.132. The van der Waals surface area contributed by atoms with Crippen molar-refractivity contribution in [2.24, 2.45) is 0 Å². The van der Waals surface area contributed by atoms with Gasteiger partial charge in [-0.2, -0.15) is 0 Å². The fourth-order valence-electron chi connectivity index (χ4n) is 1.77. The lowest BCUT2D eigenvalue weighted by atomic mass is 10.2. The summed E-state index contributed by atoms with van der Waals surface area (Å²) < 4.78 is 0. The molecule has 1 rings (SSSR count). The quantitative estimate of drug-likeness (QED) is 0.792. The predicted molar refractivity (Wildman–Crippen MR) is 74.7 cm³/mol. The van der Waals surface area contributed by atoms with E-state index in [1.807, 2.05) is 38.3 Å². The van der Waals surface area contributed by atoms with Gasteiger partial charge in [-0.15, -0.1) is 11.3 Å². The van der Waals surface area contributed by atoms with E-state index in [2.05, 4.69) is 5.32 Å². The van der Waals surface area contributed by atoms with Gasteiger partial charge in [0, 0.05) is 24.5 Å². The Hall–Kier alpha value is -0.910. The molecule has 0 saturated carbocycles. The summed E-state index contributed by atoms with van der Waals surface area (Å²) in [5, 5.41) is 14.9. The summed E-state index contributed by atoms with van der Waals surface area (Å²) in [5.41, 5.74) is 0. The zero-order valence-electron chi connectivity index (χ0n) is 11.2. The lowest BCUT2D eigenvalue weighted by Gasteiger charge is -2.24. The number of rotatable bonds is 7. The molecule has 0 radical (unpaired) electrons. The van der Waals surface area contributed by atoms with E-state index in [0.717, 1.165) is 18.0 Å². The molecule has 1 aromatic rings. The van der Waals surface area contributed by atoms with Crippen LogP contribution in [0.3, 0.4) is 0 Å². The van der Waals surface area contributed by atoms with Crippen LogP contribution in [0.2, 0.25) is 0 Å². The van der Waals surface area contributed by atoms with Crippen LogP contribution in [0.5, 0.6) is 0 Å². The monoisotopic (exact) mass is 270 g/mol. The van der Waals surface area contributed by atoms with Gasteiger partial charge in [-0.05, 0) is 32.2 Å². The van der Waals surface area contributed by atoms with Gasteiger partial charge >= 0.3 is 0 Å². The van der Waals surface area contributed by atoms with Crippen molar-refractivity contribution < 1.29 is 9.90 Å². The molecule has 0 aliphatic rings. The second-order valence-electron chi connectivity index (χ2n) is 4.17. The smallest absolute Gasteiger partial charge is 0.239 e. The summed E-state index contributed by atoms with van der Waals surface area (Å²) in [6.45, 7) is 7.60. The van der Waals surface area contributed by atoms with E-state index in [9.17, 15) is 9.90 Å². The standard InChI is InChI=1S/C13H22N2O2S/c1-4-15(5-2)13(17)10(3)14-9-11(16)12-7-6-8-18-12/h6-8,10-11,14,16H,4-5,9H2,1-3H3. The van der Waals surface area contributed by atoms with Gasteiger partial charge in [-0.25, -0.2) is 0 Å². The highest BCUT2D eigenvalue weighted by atomic mass is 32.1. The number of carbonyl (C=O) groups is 1. The minimum absolute atomic E-state index is 0.0818. The Morgan fingerprint density at radius 2 is 2.17 bits per heavy atom. The average Bonchev–Trinajstić information content (AvgIpc) is 2.90. The molecule has 102 valence electrons. The van der Waals surface area contributed by atoms with Gasteiger partial charge in [0.1, 0.15) is 6.10 Å². The molecule has 2 atom stereocenters. The molecule has 18 heavy (non-hydrogen) atoms. The number of thiophene rings is 1. The van der Waals surface area contributed by atoms with Crippen LogP contribution < -0.4 is 5.32 Å². The topological polar surface area (TPSA) is 52.6 Å². The van der Waals surface area contributed by atoms with E-state index in [-0.39, 0.29) is 11.9 Å². The van der Waals surface area contributed by atoms with Crippen molar-refractivity contribution in [3.63, 3.8) is 0 Å². The summed E-state index contributed by atoms with van der Waals surface area (Å²) in [5.74, 6) is 0.0818. The van der Waals surface area contributed by atoms with Gasteiger partial charge in [-0.1, -0.05) is 6.07 Å². The Balaban J connectivity index is 2.41. The normalized spacial score (nSPS) is 14.2. The number of aliphatic hydroxyl groups excluding tert-OH is 1. The van der Waals surface area contributed by atoms with E-state index in [1.165, 1.54) is 11.3 Å². The Kier molecular flexibility index (Phi) is 6.32. The Bertz CT molecular complexity index is 350. The molecule has 1 amide bonds. The first-order valence-electron chi connectivity index (χ1n) is 6.33. The molecule has 5 heteroatoms. The highest BCUT2D eigenvalue weighted by Crippen LogP contribution is 2.17. The maximum Gasteiger partial charge on any atom is 0.239 e. The molecular weight excluding hydrogens is 248 g/mol. The fourth-order valence-corrected chi connectivity index (χ4v) is 2.48. The molecule has 2 unspecified atom stereocenters. The van der Waals surface area contributed by atoms with Gasteiger partial charge < -0.3 is 15.3 Å². The van der Waals surface area contributed by atoms with Crippen LogP contribution in [0.25, 0.3) is 0 Å². The molecule has 0 aliphatic heterocycles. The third-order valence-electron chi connectivity index (χ3n) is 2.93. The molecule has 0 spiro atoms. The molecule has 0 aromatic carbocycles. The van der Waals surface area contributed by atoms with Crippen LogP contribution in [0.15, 0.2) is 17.5 Å². The number of nitrogens with zero attached hydrogens (tertiary/aromatic N) is 1. The largest absolute Gasteiger partial charge is 0.386 e. The third-order valence-corrected chi connectivity index (χ3v) is 3.91. The third kappa shape index (κ3) is 4.08. The zero-order valence-corrected chi connectivity index (χ0v) is 12.0. The summed E-state index contributed by atoms with van der Waals surface area (Å²) >= 11 is 1.52. The second-order valence-corrected chi connectivity index (χ2v) is 5.15. The molecule has 4 nitrogen and oxygen atoms in total.